The van der Waals surface area contributed by atoms with Gasteiger partial charge in [-0.3, -0.25) is 0 Å². The van der Waals surface area contributed by atoms with E-state index >= 15 is 0 Å². The molecule has 118 valence electrons. The highest BCUT2D eigenvalue weighted by Crippen LogP contribution is 2.25. The molecule has 3 rings (SSSR count). The molecule has 0 radical (unpaired) electrons. The van der Waals surface area contributed by atoms with Crippen LogP contribution < -0.4 is 9.64 Å². The maximum absolute atomic E-state index is 5.91. The van der Waals surface area contributed by atoms with Gasteiger partial charge in [-0.1, -0.05) is 0 Å². The standard InChI is InChI=1S/C15H21N5OS/c1-10-11(2)16-9-17-14(10)21-8-13-4-6-20(7-5-13)15-18-12(3)19-22-15/h9,13H,4-8H2,1-3H3. The first-order valence-electron chi connectivity index (χ1n) is 7.59. The number of rotatable bonds is 4. The van der Waals surface area contributed by atoms with Crippen LogP contribution in [0.2, 0.25) is 0 Å². The average Bonchev–Trinajstić information content (AvgIpc) is 2.96. The summed E-state index contributed by atoms with van der Waals surface area (Å²) in [5.74, 6) is 2.15. The van der Waals surface area contributed by atoms with Crippen molar-refractivity contribution in [3.8, 4) is 5.88 Å². The van der Waals surface area contributed by atoms with Gasteiger partial charge in [-0.15, -0.1) is 0 Å². The molecule has 6 nitrogen and oxygen atoms in total. The fourth-order valence-corrected chi connectivity index (χ4v) is 3.29. The normalized spacial score (nSPS) is 16.0. The third-order valence-corrected chi connectivity index (χ3v) is 5.02. The number of nitrogens with zero attached hydrogens (tertiary/aromatic N) is 5. The summed E-state index contributed by atoms with van der Waals surface area (Å²) in [6.07, 6.45) is 3.79. The number of aromatic nitrogens is 4. The van der Waals surface area contributed by atoms with Gasteiger partial charge in [-0.2, -0.15) is 4.37 Å². The lowest BCUT2D eigenvalue weighted by atomic mass is 9.98. The van der Waals surface area contributed by atoms with E-state index in [1.165, 1.54) is 11.5 Å². The van der Waals surface area contributed by atoms with Crippen molar-refractivity contribution in [2.24, 2.45) is 5.92 Å². The SMILES string of the molecule is Cc1nsc(N2CCC(COc3ncnc(C)c3C)CC2)n1. The van der Waals surface area contributed by atoms with Crippen LogP contribution in [-0.4, -0.2) is 39.0 Å². The third-order valence-electron chi connectivity index (χ3n) is 4.15. The predicted molar refractivity (Wildman–Crippen MR) is 86.6 cm³/mol. The molecule has 22 heavy (non-hydrogen) atoms. The van der Waals surface area contributed by atoms with Crippen LogP contribution in [-0.2, 0) is 0 Å². The predicted octanol–water partition coefficient (Wildman–Crippen LogP) is 2.55. The zero-order valence-corrected chi connectivity index (χ0v) is 14.1. The monoisotopic (exact) mass is 319 g/mol. The first-order valence-corrected chi connectivity index (χ1v) is 8.37. The van der Waals surface area contributed by atoms with E-state index in [4.69, 9.17) is 4.74 Å². The Morgan fingerprint density at radius 1 is 1.23 bits per heavy atom. The van der Waals surface area contributed by atoms with Crippen LogP contribution in [0.4, 0.5) is 5.13 Å². The van der Waals surface area contributed by atoms with E-state index in [0.29, 0.717) is 5.92 Å². The van der Waals surface area contributed by atoms with E-state index < -0.39 is 0 Å². The molecule has 1 fully saturated rings. The van der Waals surface area contributed by atoms with Gasteiger partial charge < -0.3 is 9.64 Å². The molecule has 0 aliphatic carbocycles. The highest BCUT2D eigenvalue weighted by atomic mass is 32.1. The number of hydrogen-bond donors (Lipinski definition) is 0. The molecule has 0 atom stereocenters. The largest absolute Gasteiger partial charge is 0.477 e. The molecule has 2 aromatic rings. The zero-order chi connectivity index (χ0) is 15.5. The van der Waals surface area contributed by atoms with Crippen molar-refractivity contribution >= 4 is 16.7 Å². The topological polar surface area (TPSA) is 64.0 Å². The van der Waals surface area contributed by atoms with E-state index in [1.807, 2.05) is 20.8 Å². The maximum atomic E-state index is 5.91. The number of hydrogen-bond acceptors (Lipinski definition) is 7. The minimum atomic E-state index is 0.569. The molecular formula is C15H21N5OS. The fourth-order valence-electron chi connectivity index (χ4n) is 2.56. The van der Waals surface area contributed by atoms with Crippen molar-refractivity contribution in [1.82, 2.24) is 19.3 Å². The highest BCUT2D eigenvalue weighted by Gasteiger charge is 2.22. The molecule has 0 unspecified atom stereocenters. The van der Waals surface area contributed by atoms with Gasteiger partial charge in [-0.05, 0) is 39.5 Å². The van der Waals surface area contributed by atoms with Crippen LogP contribution in [0.25, 0.3) is 0 Å². The fraction of sp³-hybridized carbons (Fsp3) is 0.600. The Hall–Kier alpha value is -1.76. The summed E-state index contributed by atoms with van der Waals surface area (Å²) < 4.78 is 10.2. The Morgan fingerprint density at radius 3 is 2.68 bits per heavy atom. The van der Waals surface area contributed by atoms with E-state index in [-0.39, 0.29) is 0 Å². The van der Waals surface area contributed by atoms with E-state index in [1.54, 1.807) is 6.33 Å². The van der Waals surface area contributed by atoms with Crippen LogP contribution in [0.3, 0.4) is 0 Å². The zero-order valence-electron chi connectivity index (χ0n) is 13.2. The lowest BCUT2D eigenvalue weighted by Crippen LogP contribution is -2.35. The molecule has 7 heteroatoms. The van der Waals surface area contributed by atoms with Crippen LogP contribution in [0.15, 0.2) is 6.33 Å². The second kappa shape index (κ2) is 6.56. The minimum Gasteiger partial charge on any atom is -0.477 e. The summed E-state index contributed by atoms with van der Waals surface area (Å²) in [5, 5.41) is 1.04. The number of anilines is 1. The van der Waals surface area contributed by atoms with Gasteiger partial charge in [0.05, 0.1) is 6.61 Å². The second-order valence-corrected chi connectivity index (χ2v) is 6.49. The lowest BCUT2D eigenvalue weighted by Gasteiger charge is -2.31. The second-order valence-electron chi connectivity index (χ2n) is 5.75. The van der Waals surface area contributed by atoms with Gasteiger partial charge in [0.25, 0.3) is 0 Å². The third kappa shape index (κ3) is 3.35. The summed E-state index contributed by atoms with van der Waals surface area (Å²) in [6.45, 7) is 8.68. The summed E-state index contributed by atoms with van der Waals surface area (Å²) in [7, 11) is 0. The van der Waals surface area contributed by atoms with Gasteiger partial charge in [0.2, 0.25) is 11.0 Å². The first kappa shape index (κ1) is 15.1. The van der Waals surface area contributed by atoms with Gasteiger partial charge in [0.1, 0.15) is 12.2 Å². The molecule has 2 aromatic heterocycles. The van der Waals surface area contributed by atoms with E-state index in [9.17, 15) is 0 Å². The van der Waals surface area contributed by atoms with Gasteiger partial charge in [0.15, 0.2) is 0 Å². The van der Waals surface area contributed by atoms with Gasteiger partial charge >= 0.3 is 0 Å². The first-order chi connectivity index (χ1) is 10.6. The molecule has 0 bridgehead atoms. The molecule has 0 amide bonds. The molecule has 0 saturated carbocycles. The Kier molecular flexibility index (Phi) is 4.52. The van der Waals surface area contributed by atoms with E-state index in [0.717, 1.165) is 60.6 Å². The van der Waals surface area contributed by atoms with Crippen molar-refractivity contribution in [2.45, 2.75) is 33.6 Å². The molecule has 0 aromatic carbocycles. The summed E-state index contributed by atoms with van der Waals surface area (Å²) in [5.41, 5.74) is 2.01. The van der Waals surface area contributed by atoms with Crippen LogP contribution in [0, 0.1) is 26.7 Å². The quantitative estimate of drug-likeness (QED) is 0.863. The Labute approximate surface area is 134 Å². The van der Waals surface area contributed by atoms with Crippen molar-refractivity contribution in [2.75, 3.05) is 24.6 Å². The number of aryl methyl sites for hydroxylation is 2. The van der Waals surface area contributed by atoms with Crippen LogP contribution >= 0.6 is 11.5 Å². The minimum absolute atomic E-state index is 0.569. The Morgan fingerprint density at radius 2 is 2.00 bits per heavy atom. The van der Waals surface area contributed by atoms with Crippen LogP contribution in [0.1, 0.15) is 29.9 Å². The molecule has 3 heterocycles. The van der Waals surface area contributed by atoms with Crippen molar-refractivity contribution in [1.29, 1.82) is 0 Å². The van der Waals surface area contributed by atoms with Crippen molar-refractivity contribution < 1.29 is 4.74 Å². The Balaban J connectivity index is 1.51. The molecule has 0 spiro atoms. The molecule has 0 N–H and O–H groups in total. The summed E-state index contributed by atoms with van der Waals surface area (Å²) in [6, 6.07) is 0. The number of ether oxygens (including phenoxy) is 1. The van der Waals surface area contributed by atoms with Gasteiger partial charge in [0, 0.05) is 35.9 Å². The maximum Gasteiger partial charge on any atom is 0.219 e. The Bertz CT molecular complexity index is 637. The van der Waals surface area contributed by atoms with Gasteiger partial charge in [-0.25, -0.2) is 15.0 Å². The molecule has 1 aliphatic heterocycles. The summed E-state index contributed by atoms with van der Waals surface area (Å²) >= 11 is 1.49. The van der Waals surface area contributed by atoms with E-state index in [2.05, 4.69) is 24.2 Å². The summed E-state index contributed by atoms with van der Waals surface area (Å²) in [4.78, 5) is 15.2. The van der Waals surface area contributed by atoms with Crippen LogP contribution in [0.5, 0.6) is 5.88 Å². The average molecular weight is 319 g/mol. The smallest absolute Gasteiger partial charge is 0.219 e. The van der Waals surface area contributed by atoms with Crippen molar-refractivity contribution in [3.63, 3.8) is 0 Å². The number of piperidine rings is 1. The molecule has 1 saturated heterocycles. The molecular weight excluding hydrogens is 298 g/mol. The highest BCUT2D eigenvalue weighted by molar-refractivity contribution is 7.09. The van der Waals surface area contributed by atoms with Crippen molar-refractivity contribution in [3.05, 3.63) is 23.4 Å². The molecule has 1 aliphatic rings. The lowest BCUT2D eigenvalue weighted by molar-refractivity contribution is 0.214.